The molecule has 59 heavy (non-hydrogen) atoms. The SMILES string of the molecule is CC(=O)CN(Cc1ccc2c(c1)OCO2)C(=O)CN(CCCCN)C(=O)CN(C(=O)CN(CCc1ccc(S(N)(=O)=O)cc1)C(=O)CNCCO)C(C)c1ccccc1. The fourth-order valence-corrected chi connectivity index (χ4v) is 6.92. The number of hydrogen-bond acceptors (Lipinski definition) is 12. The molecule has 18 heteroatoms. The largest absolute Gasteiger partial charge is 0.454 e. The first-order valence-corrected chi connectivity index (χ1v) is 20.9. The molecular weight excluding hydrogens is 783 g/mol. The van der Waals surface area contributed by atoms with Crippen molar-refractivity contribution in [1.82, 2.24) is 24.9 Å². The summed E-state index contributed by atoms with van der Waals surface area (Å²) in [6.45, 7) is 2.24. The molecule has 0 aliphatic carbocycles. The van der Waals surface area contributed by atoms with Crippen LogP contribution >= 0.6 is 0 Å². The highest BCUT2D eigenvalue weighted by atomic mass is 32.2. The number of sulfonamides is 1. The number of fused-ring (bicyclic) bond motifs is 1. The van der Waals surface area contributed by atoms with Crippen molar-refractivity contribution in [2.75, 3.05) is 72.3 Å². The molecule has 4 rings (SSSR count). The summed E-state index contributed by atoms with van der Waals surface area (Å²) in [6.07, 6.45) is 1.31. The van der Waals surface area contributed by atoms with Crippen LogP contribution < -0.4 is 25.7 Å². The standard InChI is InChI=1S/C41H55N7O10S/c1-30(50)24-47(25-33-12-15-36-37(22-33)58-29-57-36)39(52)26-45(19-7-6-17-42)40(53)28-48(31(2)34-8-4-3-5-9-34)41(54)27-46(38(51)23-44-18-21-49)20-16-32-10-13-35(14-11-32)59(43,55)56/h3-5,8-15,22,31,44,49H,6-7,16-21,23-29,42H2,1-2H3,(H2,43,55,56). The summed E-state index contributed by atoms with van der Waals surface area (Å²) in [4.78, 5) is 73.9. The van der Waals surface area contributed by atoms with Gasteiger partial charge in [-0.25, -0.2) is 13.6 Å². The van der Waals surface area contributed by atoms with Crippen LogP contribution in [-0.2, 0) is 47.0 Å². The van der Waals surface area contributed by atoms with E-state index in [0.29, 0.717) is 42.0 Å². The zero-order valence-electron chi connectivity index (χ0n) is 33.6. The van der Waals surface area contributed by atoms with E-state index < -0.39 is 52.8 Å². The minimum absolute atomic E-state index is 0.0661. The topological polar surface area (TPSA) is 235 Å². The summed E-state index contributed by atoms with van der Waals surface area (Å²) in [7, 11) is -3.91. The van der Waals surface area contributed by atoms with E-state index in [1.165, 1.54) is 38.7 Å². The van der Waals surface area contributed by atoms with Gasteiger partial charge in [-0.3, -0.25) is 24.0 Å². The van der Waals surface area contributed by atoms with Gasteiger partial charge in [0.2, 0.25) is 40.4 Å². The number of nitrogens with one attached hydrogen (secondary N) is 1. The highest BCUT2D eigenvalue weighted by Crippen LogP contribution is 2.33. The van der Waals surface area contributed by atoms with Crippen LogP contribution in [0.25, 0.3) is 0 Å². The molecule has 0 spiro atoms. The molecule has 1 heterocycles. The molecule has 0 fully saturated rings. The molecule has 4 amide bonds. The van der Waals surface area contributed by atoms with E-state index in [2.05, 4.69) is 5.32 Å². The molecule has 1 aliphatic rings. The molecule has 3 aromatic carbocycles. The Morgan fingerprint density at radius 3 is 2.08 bits per heavy atom. The van der Waals surface area contributed by atoms with Crippen LogP contribution in [0.1, 0.15) is 49.4 Å². The Bertz CT molecular complexity index is 2000. The number of carbonyl (C=O) groups excluding carboxylic acids is 5. The maximum absolute atomic E-state index is 14.4. The number of ketones is 1. The number of amides is 4. The molecule has 320 valence electrons. The third-order valence-corrected chi connectivity index (χ3v) is 10.6. The number of unbranched alkanes of at least 4 members (excludes halogenated alkanes) is 1. The molecule has 0 saturated carbocycles. The number of ether oxygens (including phenoxy) is 2. The summed E-state index contributed by atoms with van der Waals surface area (Å²) in [6, 6.07) is 19.5. The van der Waals surface area contributed by atoms with Crippen molar-refractivity contribution in [3.8, 4) is 11.5 Å². The molecule has 1 atom stereocenters. The van der Waals surface area contributed by atoms with Gasteiger partial charge in [0.05, 0.1) is 43.7 Å². The molecule has 1 unspecified atom stereocenters. The zero-order valence-corrected chi connectivity index (χ0v) is 34.4. The number of nitrogens with two attached hydrogens (primary N) is 2. The highest BCUT2D eigenvalue weighted by molar-refractivity contribution is 7.89. The highest BCUT2D eigenvalue weighted by Gasteiger charge is 2.30. The molecule has 6 N–H and O–H groups in total. The second-order valence-corrected chi connectivity index (χ2v) is 15.8. The van der Waals surface area contributed by atoms with Crippen LogP contribution in [0.3, 0.4) is 0 Å². The Morgan fingerprint density at radius 2 is 1.42 bits per heavy atom. The maximum atomic E-state index is 14.4. The average Bonchev–Trinajstić information content (AvgIpc) is 3.68. The van der Waals surface area contributed by atoms with Crippen LogP contribution in [0.5, 0.6) is 11.5 Å². The summed E-state index contributed by atoms with van der Waals surface area (Å²) in [5, 5.41) is 17.3. The number of Topliss-reactive ketones (excluding diaryl/α,β-unsaturated/α-hetero) is 1. The van der Waals surface area contributed by atoms with Crippen LogP contribution in [0.2, 0.25) is 0 Å². The molecule has 0 aromatic heterocycles. The fourth-order valence-electron chi connectivity index (χ4n) is 6.40. The third kappa shape index (κ3) is 14.4. The molecule has 0 radical (unpaired) electrons. The number of hydrogen-bond donors (Lipinski definition) is 4. The smallest absolute Gasteiger partial charge is 0.243 e. The molecule has 0 saturated heterocycles. The lowest BCUT2D eigenvalue weighted by atomic mass is 10.1. The number of aliphatic hydroxyl groups excluding tert-OH is 1. The molecule has 17 nitrogen and oxygen atoms in total. The van der Waals surface area contributed by atoms with Gasteiger partial charge in [-0.05, 0) is 80.6 Å². The van der Waals surface area contributed by atoms with Gasteiger partial charge in [-0.2, -0.15) is 0 Å². The van der Waals surface area contributed by atoms with E-state index in [1.807, 2.05) is 30.3 Å². The van der Waals surface area contributed by atoms with E-state index in [0.717, 1.165) is 5.56 Å². The number of aliphatic hydroxyl groups is 1. The van der Waals surface area contributed by atoms with Gasteiger partial charge in [0.1, 0.15) is 12.3 Å². The average molecular weight is 838 g/mol. The second-order valence-electron chi connectivity index (χ2n) is 14.2. The molecule has 3 aromatic rings. The lowest BCUT2D eigenvalue weighted by Crippen LogP contribution is -2.51. The summed E-state index contributed by atoms with van der Waals surface area (Å²) < 4.78 is 34.4. The van der Waals surface area contributed by atoms with Gasteiger partial charge in [-0.1, -0.05) is 48.5 Å². The Kier molecular flexibility index (Phi) is 17.8. The number of benzene rings is 3. The molecular formula is C41H55N7O10S. The van der Waals surface area contributed by atoms with Gasteiger partial charge in [0.25, 0.3) is 0 Å². The van der Waals surface area contributed by atoms with Crippen LogP contribution in [-0.4, -0.2) is 135 Å². The lowest BCUT2D eigenvalue weighted by Gasteiger charge is -2.34. The monoisotopic (exact) mass is 837 g/mol. The number of primary sulfonamides is 1. The van der Waals surface area contributed by atoms with Crippen molar-refractivity contribution >= 4 is 39.4 Å². The van der Waals surface area contributed by atoms with Crippen molar-refractivity contribution in [1.29, 1.82) is 0 Å². The number of rotatable bonds is 24. The molecule has 0 bridgehead atoms. The first-order valence-electron chi connectivity index (χ1n) is 19.4. The zero-order chi connectivity index (χ0) is 43.0. The Labute approximate surface area is 345 Å². The van der Waals surface area contributed by atoms with Crippen LogP contribution in [0, 0.1) is 0 Å². The predicted octanol–water partition coefficient (Wildman–Crippen LogP) is 0.791. The molecule has 1 aliphatic heterocycles. The Hall–Kier alpha value is -5.40. The van der Waals surface area contributed by atoms with E-state index in [1.54, 1.807) is 37.3 Å². The van der Waals surface area contributed by atoms with E-state index in [9.17, 15) is 37.5 Å². The minimum atomic E-state index is -3.91. The van der Waals surface area contributed by atoms with Crippen molar-refractivity contribution in [3.63, 3.8) is 0 Å². The lowest BCUT2D eigenvalue weighted by molar-refractivity contribution is -0.147. The number of carbonyl (C=O) groups is 5. The second kappa shape index (κ2) is 22.7. The predicted molar refractivity (Wildman–Crippen MR) is 218 cm³/mol. The summed E-state index contributed by atoms with van der Waals surface area (Å²) in [5.74, 6) is -1.12. The van der Waals surface area contributed by atoms with E-state index in [-0.39, 0.29) is 76.3 Å². The first kappa shape index (κ1) is 46.3. The Morgan fingerprint density at radius 1 is 0.780 bits per heavy atom. The number of nitrogens with zero attached hydrogens (tertiary/aromatic N) is 4. The normalized spacial score (nSPS) is 12.4. The van der Waals surface area contributed by atoms with Gasteiger partial charge in [0, 0.05) is 26.2 Å². The van der Waals surface area contributed by atoms with Gasteiger partial charge in [-0.15, -0.1) is 0 Å². The van der Waals surface area contributed by atoms with Crippen molar-refractivity contribution in [3.05, 3.63) is 89.5 Å². The Balaban J connectivity index is 1.58. The van der Waals surface area contributed by atoms with Gasteiger partial charge < -0.3 is 45.2 Å². The first-order chi connectivity index (χ1) is 28.2. The third-order valence-electron chi connectivity index (χ3n) is 9.68. The summed E-state index contributed by atoms with van der Waals surface area (Å²) >= 11 is 0. The van der Waals surface area contributed by atoms with Crippen molar-refractivity contribution < 1.29 is 47.0 Å². The van der Waals surface area contributed by atoms with Crippen molar-refractivity contribution in [2.24, 2.45) is 10.9 Å². The van der Waals surface area contributed by atoms with Crippen molar-refractivity contribution in [2.45, 2.75) is 50.6 Å². The van der Waals surface area contributed by atoms with Crippen LogP contribution in [0.4, 0.5) is 0 Å². The van der Waals surface area contributed by atoms with Gasteiger partial charge in [0.15, 0.2) is 11.5 Å². The van der Waals surface area contributed by atoms with E-state index in [4.69, 9.17) is 20.3 Å². The fraction of sp³-hybridized carbons (Fsp3) is 0.439. The van der Waals surface area contributed by atoms with Crippen LogP contribution in [0.15, 0.2) is 77.7 Å². The maximum Gasteiger partial charge on any atom is 0.243 e. The summed E-state index contributed by atoms with van der Waals surface area (Å²) in [5.41, 5.74) is 7.89. The quantitative estimate of drug-likeness (QED) is 0.0918. The minimum Gasteiger partial charge on any atom is -0.454 e. The van der Waals surface area contributed by atoms with E-state index >= 15 is 0 Å². The van der Waals surface area contributed by atoms with Gasteiger partial charge >= 0.3 is 0 Å².